The highest BCUT2D eigenvalue weighted by Crippen LogP contribution is 2.24. The normalized spacial score (nSPS) is 15.4. The Balaban J connectivity index is 1.64. The van der Waals surface area contributed by atoms with Gasteiger partial charge < -0.3 is 14.8 Å². The number of methoxy groups -OCH3 is 1. The molecule has 1 heterocycles. The minimum Gasteiger partial charge on any atom is -0.496 e. The smallest absolute Gasteiger partial charge is 0.220 e. The van der Waals surface area contributed by atoms with Crippen LogP contribution in [0.5, 0.6) is 5.75 Å². The molecule has 128 valence electrons. The Morgan fingerprint density at radius 1 is 1.43 bits per heavy atom. The zero-order valence-electron chi connectivity index (χ0n) is 13.5. The summed E-state index contributed by atoms with van der Waals surface area (Å²) in [5, 5.41) is 3.69. The van der Waals surface area contributed by atoms with E-state index in [1.165, 1.54) is 0 Å². The van der Waals surface area contributed by atoms with Gasteiger partial charge in [-0.1, -0.05) is 15.9 Å². The van der Waals surface area contributed by atoms with Gasteiger partial charge >= 0.3 is 0 Å². The fourth-order valence-electron chi connectivity index (χ4n) is 2.54. The zero-order valence-corrected chi connectivity index (χ0v) is 15.9. The third-order valence-electron chi connectivity index (χ3n) is 3.81. The molecular weight excluding hydrogens is 378 g/mol. The van der Waals surface area contributed by atoms with Crippen LogP contribution in [0.15, 0.2) is 22.7 Å². The molecule has 1 aromatic rings. The van der Waals surface area contributed by atoms with Crippen molar-refractivity contribution in [1.29, 1.82) is 0 Å². The Kier molecular flexibility index (Phi) is 8.26. The van der Waals surface area contributed by atoms with Crippen LogP contribution in [0.3, 0.4) is 0 Å². The molecule has 0 radical (unpaired) electrons. The van der Waals surface area contributed by atoms with Gasteiger partial charge in [-0.25, -0.2) is 0 Å². The van der Waals surface area contributed by atoms with Gasteiger partial charge in [0.15, 0.2) is 0 Å². The molecule has 0 spiro atoms. The number of amides is 1. The molecule has 0 unspecified atom stereocenters. The van der Waals surface area contributed by atoms with Crippen molar-refractivity contribution in [3.05, 3.63) is 28.2 Å². The molecule has 1 fully saturated rings. The summed E-state index contributed by atoms with van der Waals surface area (Å²) in [7, 11) is 1.65. The molecule has 1 saturated heterocycles. The van der Waals surface area contributed by atoms with Crippen LogP contribution in [-0.4, -0.2) is 43.8 Å². The van der Waals surface area contributed by atoms with Crippen LogP contribution in [0, 0.1) is 0 Å². The Labute approximate surface area is 150 Å². The summed E-state index contributed by atoms with van der Waals surface area (Å²) < 4.78 is 11.7. The SMILES string of the molecule is COc1ccc(Br)cc1CCC(=O)NCCSC1CCOCC1. The van der Waals surface area contributed by atoms with E-state index in [4.69, 9.17) is 9.47 Å². The first kappa shape index (κ1) is 18.6. The highest BCUT2D eigenvalue weighted by molar-refractivity contribution is 9.10. The second kappa shape index (κ2) is 10.2. The summed E-state index contributed by atoms with van der Waals surface area (Å²) in [6.45, 7) is 2.48. The van der Waals surface area contributed by atoms with Crippen LogP contribution >= 0.6 is 27.7 Å². The fourth-order valence-corrected chi connectivity index (χ4v) is 4.03. The van der Waals surface area contributed by atoms with Crippen molar-refractivity contribution >= 4 is 33.6 Å². The van der Waals surface area contributed by atoms with Crippen molar-refractivity contribution in [2.75, 3.05) is 32.6 Å². The summed E-state index contributed by atoms with van der Waals surface area (Å²) >= 11 is 5.39. The van der Waals surface area contributed by atoms with E-state index in [1.54, 1.807) is 7.11 Å². The lowest BCUT2D eigenvalue weighted by Crippen LogP contribution is -2.27. The van der Waals surface area contributed by atoms with Crippen LogP contribution < -0.4 is 10.1 Å². The maximum atomic E-state index is 12.0. The number of rotatable bonds is 8. The quantitative estimate of drug-likeness (QED) is 0.677. The van der Waals surface area contributed by atoms with Crippen LogP contribution in [0.1, 0.15) is 24.8 Å². The van der Waals surface area contributed by atoms with Crippen molar-refractivity contribution in [3.63, 3.8) is 0 Å². The van der Waals surface area contributed by atoms with Gasteiger partial charge in [0.05, 0.1) is 7.11 Å². The average molecular weight is 402 g/mol. The van der Waals surface area contributed by atoms with Gasteiger partial charge in [0.2, 0.25) is 5.91 Å². The lowest BCUT2D eigenvalue weighted by Gasteiger charge is -2.21. The Morgan fingerprint density at radius 2 is 2.22 bits per heavy atom. The van der Waals surface area contributed by atoms with Crippen molar-refractivity contribution in [1.82, 2.24) is 5.32 Å². The van der Waals surface area contributed by atoms with Crippen molar-refractivity contribution in [2.45, 2.75) is 30.9 Å². The summed E-state index contributed by atoms with van der Waals surface area (Å²) in [6, 6.07) is 5.87. The lowest BCUT2D eigenvalue weighted by atomic mass is 10.1. The molecule has 23 heavy (non-hydrogen) atoms. The average Bonchev–Trinajstić information content (AvgIpc) is 2.58. The first-order chi connectivity index (χ1) is 11.2. The number of aryl methyl sites for hydroxylation is 1. The number of thioether (sulfide) groups is 1. The molecule has 1 aliphatic rings. The first-order valence-electron chi connectivity index (χ1n) is 7.97. The van der Waals surface area contributed by atoms with E-state index in [-0.39, 0.29) is 5.91 Å². The van der Waals surface area contributed by atoms with E-state index >= 15 is 0 Å². The lowest BCUT2D eigenvalue weighted by molar-refractivity contribution is -0.120. The van der Waals surface area contributed by atoms with E-state index in [0.29, 0.717) is 18.1 Å². The zero-order chi connectivity index (χ0) is 16.5. The number of carbonyl (C=O) groups is 1. The Bertz CT molecular complexity index is 507. The summed E-state index contributed by atoms with van der Waals surface area (Å²) in [6.07, 6.45) is 3.42. The molecule has 1 amide bonds. The minimum atomic E-state index is 0.0969. The second-order valence-corrected chi connectivity index (χ2v) is 7.81. The van der Waals surface area contributed by atoms with Gasteiger partial charge in [-0.05, 0) is 43.0 Å². The second-order valence-electron chi connectivity index (χ2n) is 5.49. The van der Waals surface area contributed by atoms with Crippen molar-refractivity contribution in [2.24, 2.45) is 0 Å². The van der Waals surface area contributed by atoms with Gasteiger partial charge in [-0.15, -0.1) is 0 Å². The molecule has 0 aliphatic carbocycles. The number of halogens is 1. The number of benzene rings is 1. The van der Waals surface area contributed by atoms with Crippen LogP contribution in [0.2, 0.25) is 0 Å². The number of carbonyl (C=O) groups excluding carboxylic acids is 1. The standard InChI is InChI=1S/C17H24BrNO3S/c1-21-16-4-3-14(18)12-13(16)2-5-17(20)19-8-11-23-15-6-9-22-10-7-15/h3-4,12,15H,2,5-11H2,1H3,(H,19,20). The molecule has 6 heteroatoms. The number of hydrogen-bond acceptors (Lipinski definition) is 4. The van der Waals surface area contributed by atoms with Crippen LogP contribution in [0.4, 0.5) is 0 Å². The molecule has 1 N–H and O–H groups in total. The van der Waals surface area contributed by atoms with Crippen LogP contribution in [-0.2, 0) is 16.0 Å². The maximum absolute atomic E-state index is 12.0. The summed E-state index contributed by atoms with van der Waals surface area (Å²) in [5.74, 6) is 1.90. The summed E-state index contributed by atoms with van der Waals surface area (Å²) in [4.78, 5) is 12.0. The Morgan fingerprint density at radius 3 is 2.96 bits per heavy atom. The van der Waals surface area contributed by atoms with Gasteiger partial charge in [-0.3, -0.25) is 4.79 Å². The number of ether oxygens (including phenoxy) is 2. The monoisotopic (exact) mass is 401 g/mol. The van der Waals surface area contributed by atoms with Gasteiger partial charge in [0.25, 0.3) is 0 Å². The summed E-state index contributed by atoms with van der Waals surface area (Å²) in [5.41, 5.74) is 1.05. The van der Waals surface area contributed by atoms with Crippen LogP contribution in [0.25, 0.3) is 0 Å². The molecule has 4 nitrogen and oxygen atoms in total. The van der Waals surface area contributed by atoms with Gasteiger partial charge in [-0.2, -0.15) is 11.8 Å². The van der Waals surface area contributed by atoms with Gasteiger partial charge in [0.1, 0.15) is 5.75 Å². The predicted octanol–water partition coefficient (Wildman–Crippen LogP) is 3.42. The number of nitrogens with one attached hydrogen (secondary N) is 1. The highest BCUT2D eigenvalue weighted by atomic mass is 79.9. The maximum Gasteiger partial charge on any atom is 0.220 e. The number of hydrogen-bond donors (Lipinski definition) is 1. The molecule has 0 bridgehead atoms. The van der Waals surface area contributed by atoms with E-state index in [1.807, 2.05) is 30.0 Å². The third kappa shape index (κ3) is 6.73. The molecule has 2 rings (SSSR count). The molecule has 1 aliphatic heterocycles. The van der Waals surface area contributed by atoms with E-state index in [0.717, 1.165) is 54.1 Å². The van der Waals surface area contributed by atoms with E-state index in [2.05, 4.69) is 21.2 Å². The van der Waals surface area contributed by atoms with Gasteiger partial charge in [0, 0.05) is 41.7 Å². The third-order valence-corrected chi connectivity index (χ3v) is 5.69. The minimum absolute atomic E-state index is 0.0969. The van der Waals surface area contributed by atoms with E-state index < -0.39 is 0 Å². The predicted molar refractivity (Wildman–Crippen MR) is 98.3 cm³/mol. The van der Waals surface area contributed by atoms with Crippen molar-refractivity contribution < 1.29 is 14.3 Å². The molecule has 0 saturated carbocycles. The largest absolute Gasteiger partial charge is 0.496 e. The molecule has 0 atom stereocenters. The molecule has 1 aromatic carbocycles. The Hall–Kier alpha value is -0.720. The molecular formula is C17H24BrNO3S. The fraction of sp³-hybridized carbons (Fsp3) is 0.588. The first-order valence-corrected chi connectivity index (χ1v) is 9.81. The van der Waals surface area contributed by atoms with Crippen molar-refractivity contribution in [3.8, 4) is 5.75 Å². The molecule has 0 aromatic heterocycles. The van der Waals surface area contributed by atoms with E-state index in [9.17, 15) is 4.79 Å². The highest BCUT2D eigenvalue weighted by Gasteiger charge is 2.13. The topological polar surface area (TPSA) is 47.6 Å².